The topological polar surface area (TPSA) is 119 Å². The van der Waals surface area contributed by atoms with Gasteiger partial charge in [0, 0.05) is 34.0 Å². The van der Waals surface area contributed by atoms with E-state index in [1.807, 2.05) is 6.07 Å². The fraction of sp³-hybridized carbons (Fsp3) is 0.0968. The number of thioether (sulfide) groups is 1. The van der Waals surface area contributed by atoms with Crippen molar-refractivity contribution in [3.63, 3.8) is 0 Å². The number of aromatic nitrogens is 1. The summed E-state index contributed by atoms with van der Waals surface area (Å²) in [6.07, 6.45) is 3.14. The number of hydrogen-bond donors (Lipinski definition) is 3. The molecule has 3 amide bonds. The van der Waals surface area contributed by atoms with Crippen LogP contribution in [-0.2, 0) is 9.59 Å². The van der Waals surface area contributed by atoms with Crippen molar-refractivity contribution in [2.24, 2.45) is 0 Å². The van der Waals surface area contributed by atoms with E-state index in [2.05, 4.69) is 20.9 Å². The Kier molecular flexibility index (Phi) is 10.1. The van der Waals surface area contributed by atoms with Crippen LogP contribution in [0.4, 0.5) is 11.5 Å². The predicted molar refractivity (Wildman–Crippen MR) is 160 cm³/mol. The number of carbonyl (C=O) groups excluding carboxylic acids is 3. The molecule has 0 saturated carbocycles. The maximum absolute atomic E-state index is 13.4. The zero-order valence-corrected chi connectivity index (χ0v) is 23.2. The molecule has 0 atom stereocenters. The van der Waals surface area contributed by atoms with Crippen LogP contribution in [0.15, 0.2) is 108 Å². The molecule has 0 spiro atoms. The molecule has 41 heavy (non-hydrogen) atoms. The molecule has 0 bridgehead atoms. The number of rotatable bonds is 11. The van der Waals surface area contributed by atoms with E-state index in [0.717, 1.165) is 4.90 Å². The Morgan fingerprint density at radius 2 is 1.66 bits per heavy atom. The zero-order valence-electron chi connectivity index (χ0n) is 22.4. The van der Waals surface area contributed by atoms with Crippen molar-refractivity contribution >= 4 is 47.1 Å². The first-order valence-electron chi connectivity index (χ1n) is 12.5. The fourth-order valence-corrected chi connectivity index (χ4v) is 4.42. The molecule has 0 aliphatic carbocycles. The van der Waals surface area contributed by atoms with E-state index in [0.29, 0.717) is 34.1 Å². The first-order chi connectivity index (χ1) is 19.9. The number of amides is 3. The molecule has 3 aromatic carbocycles. The molecule has 208 valence electrons. The number of methoxy groups -OCH3 is 2. The average molecular weight is 569 g/mol. The number of carbonyl (C=O) groups is 3. The third-order valence-electron chi connectivity index (χ3n) is 5.66. The molecular weight excluding hydrogens is 540 g/mol. The Hall–Kier alpha value is -5.09. The maximum atomic E-state index is 13.4. The zero-order chi connectivity index (χ0) is 29.0. The number of nitrogens with one attached hydrogen (secondary N) is 3. The summed E-state index contributed by atoms with van der Waals surface area (Å²) in [5.74, 6) is 0.496. The standard InChI is InChI=1S/C31H28N4O5S/c1-39-24-15-14-22(27(19-24)40-2)17-26(34-30(37)21-9-4-3-5-10-21)31(38)33-23-11-8-12-25(18-23)41-20-29(36)35-28-13-6-7-16-32-28/h3-19H,20H2,1-2H3,(H,33,38)(H,34,37)(H,32,35,36)/b26-17+. The number of hydrogen-bond acceptors (Lipinski definition) is 7. The summed E-state index contributed by atoms with van der Waals surface area (Å²) in [6, 6.07) is 26.1. The van der Waals surface area contributed by atoms with Crippen LogP contribution in [-0.4, -0.2) is 42.7 Å². The van der Waals surface area contributed by atoms with Gasteiger partial charge in [0.1, 0.15) is 23.0 Å². The Bertz CT molecular complexity index is 1540. The molecule has 9 nitrogen and oxygen atoms in total. The van der Waals surface area contributed by atoms with Crippen molar-refractivity contribution in [2.75, 3.05) is 30.6 Å². The Balaban J connectivity index is 1.51. The minimum absolute atomic E-state index is 0.00937. The van der Waals surface area contributed by atoms with Crippen LogP contribution in [0.5, 0.6) is 11.5 Å². The smallest absolute Gasteiger partial charge is 0.272 e. The number of anilines is 2. The number of benzene rings is 3. The van der Waals surface area contributed by atoms with Gasteiger partial charge in [-0.2, -0.15) is 0 Å². The Morgan fingerprint density at radius 1 is 0.854 bits per heavy atom. The van der Waals surface area contributed by atoms with Gasteiger partial charge in [0.15, 0.2) is 0 Å². The van der Waals surface area contributed by atoms with Gasteiger partial charge in [-0.05, 0) is 60.7 Å². The van der Waals surface area contributed by atoms with Crippen LogP contribution in [0.25, 0.3) is 6.08 Å². The first-order valence-corrected chi connectivity index (χ1v) is 13.5. The van der Waals surface area contributed by atoms with Crippen LogP contribution in [0.3, 0.4) is 0 Å². The molecular formula is C31H28N4O5S. The van der Waals surface area contributed by atoms with Crippen molar-refractivity contribution in [1.82, 2.24) is 10.3 Å². The van der Waals surface area contributed by atoms with Crippen LogP contribution in [0, 0.1) is 0 Å². The largest absolute Gasteiger partial charge is 0.497 e. The molecule has 4 aromatic rings. The second-order valence-corrected chi connectivity index (χ2v) is 9.57. The summed E-state index contributed by atoms with van der Waals surface area (Å²) < 4.78 is 10.7. The van der Waals surface area contributed by atoms with Crippen molar-refractivity contribution < 1.29 is 23.9 Å². The second kappa shape index (κ2) is 14.3. The number of pyridine rings is 1. The Morgan fingerprint density at radius 3 is 2.39 bits per heavy atom. The van der Waals surface area contributed by atoms with E-state index in [9.17, 15) is 14.4 Å². The van der Waals surface area contributed by atoms with Crippen LogP contribution in [0.2, 0.25) is 0 Å². The van der Waals surface area contributed by atoms with Crippen molar-refractivity contribution in [3.05, 3.63) is 114 Å². The molecule has 1 heterocycles. The second-order valence-electron chi connectivity index (χ2n) is 8.52. The van der Waals surface area contributed by atoms with Gasteiger partial charge in [-0.3, -0.25) is 14.4 Å². The lowest BCUT2D eigenvalue weighted by Gasteiger charge is -2.13. The summed E-state index contributed by atoms with van der Waals surface area (Å²) in [7, 11) is 3.05. The van der Waals surface area contributed by atoms with Gasteiger partial charge in [0.2, 0.25) is 5.91 Å². The van der Waals surface area contributed by atoms with Crippen molar-refractivity contribution in [2.45, 2.75) is 4.90 Å². The summed E-state index contributed by atoms with van der Waals surface area (Å²) in [4.78, 5) is 43.6. The van der Waals surface area contributed by atoms with Gasteiger partial charge in [-0.25, -0.2) is 4.98 Å². The van der Waals surface area contributed by atoms with E-state index in [1.54, 1.807) is 98.2 Å². The third-order valence-corrected chi connectivity index (χ3v) is 6.66. The molecule has 4 rings (SSSR count). The highest BCUT2D eigenvalue weighted by Gasteiger charge is 2.17. The average Bonchev–Trinajstić information content (AvgIpc) is 3.01. The lowest BCUT2D eigenvalue weighted by Crippen LogP contribution is -2.30. The lowest BCUT2D eigenvalue weighted by atomic mass is 10.1. The van der Waals surface area contributed by atoms with Gasteiger partial charge < -0.3 is 25.4 Å². The van der Waals surface area contributed by atoms with Gasteiger partial charge in [-0.15, -0.1) is 11.8 Å². The highest BCUT2D eigenvalue weighted by molar-refractivity contribution is 8.00. The van der Waals surface area contributed by atoms with Gasteiger partial charge >= 0.3 is 0 Å². The van der Waals surface area contributed by atoms with Crippen molar-refractivity contribution in [1.29, 1.82) is 0 Å². The van der Waals surface area contributed by atoms with Gasteiger partial charge in [0.25, 0.3) is 11.8 Å². The van der Waals surface area contributed by atoms with Crippen LogP contribution in [0.1, 0.15) is 15.9 Å². The van der Waals surface area contributed by atoms with E-state index in [4.69, 9.17) is 9.47 Å². The van der Waals surface area contributed by atoms with Gasteiger partial charge in [-0.1, -0.05) is 30.3 Å². The molecule has 0 fully saturated rings. The molecule has 0 unspecified atom stereocenters. The van der Waals surface area contributed by atoms with E-state index in [1.165, 1.54) is 24.9 Å². The normalized spacial score (nSPS) is 10.8. The minimum Gasteiger partial charge on any atom is -0.497 e. The van der Waals surface area contributed by atoms with Gasteiger partial charge in [0.05, 0.1) is 20.0 Å². The highest BCUT2D eigenvalue weighted by Crippen LogP contribution is 2.27. The monoisotopic (exact) mass is 568 g/mol. The summed E-state index contributed by atoms with van der Waals surface area (Å²) >= 11 is 1.31. The quantitative estimate of drug-likeness (QED) is 0.167. The fourth-order valence-electron chi connectivity index (χ4n) is 3.66. The summed E-state index contributed by atoms with van der Waals surface area (Å²) in [5.41, 5.74) is 1.46. The molecule has 3 N–H and O–H groups in total. The van der Waals surface area contributed by atoms with E-state index >= 15 is 0 Å². The molecule has 1 aromatic heterocycles. The molecule has 0 aliphatic heterocycles. The maximum Gasteiger partial charge on any atom is 0.272 e. The predicted octanol–water partition coefficient (Wildman–Crippen LogP) is 5.24. The Labute approximate surface area is 242 Å². The summed E-state index contributed by atoms with van der Waals surface area (Å²) in [6.45, 7) is 0. The number of nitrogens with zero attached hydrogens (tertiary/aromatic N) is 1. The molecule has 10 heteroatoms. The summed E-state index contributed by atoms with van der Waals surface area (Å²) in [5, 5.41) is 8.29. The molecule has 0 aliphatic rings. The lowest BCUT2D eigenvalue weighted by molar-refractivity contribution is -0.114. The van der Waals surface area contributed by atoms with Crippen molar-refractivity contribution in [3.8, 4) is 11.5 Å². The number of ether oxygens (including phenoxy) is 2. The van der Waals surface area contributed by atoms with Crippen LogP contribution < -0.4 is 25.4 Å². The molecule has 0 radical (unpaired) electrons. The first kappa shape index (κ1) is 28.9. The third kappa shape index (κ3) is 8.45. The highest BCUT2D eigenvalue weighted by atomic mass is 32.2. The van der Waals surface area contributed by atoms with E-state index in [-0.39, 0.29) is 17.4 Å². The van der Waals surface area contributed by atoms with Crippen LogP contribution >= 0.6 is 11.8 Å². The molecule has 0 saturated heterocycles. The SMILES string of the molecule is COc1ccc(/C=C(/NC(=O)c2ccccc2)C(=O)Nc2cccc(SCC(=O)Nc3ccccn3)c2)c(OC)c1. The van der Waals surface area contributed by atoms with E-state index < -0.39 is 11.8 Å². The minimum atomic E-state index is -0.540.